The second kappa shape index (κ2) is 11.4. The molecule has 1 N–H and O–H groups in total. The largest absolute Gasteiger partial charge is 0.444 e. The zero-order valence-corrected chi connectivity index (χ0v) is 24.9. The van der Waals surface area contributed by atoms with Gasteiger partial charge in [0.05, 0.1) is 5.92 Å². The first-order valence-electron chi connectivity index (χ1n) is 13.6. The average molecular weight is 537 g/mol. The Labute approximate surface area is 233 Å². The monoisotopic (exact) mass is 536 g/mol. The molecule has 2 aromatic rings. The Morgan fingerprint density at radius 1 is 1.00 bits per heavy atom. The van der Waals surface area contributed by atoms with E-state index in [1.54, 1.807) is 28.3 Å². The highest BCUT2D eigenvalue weighted by atomic mass is 16.6. The summed E-state index contributed by atoms with van der Waals surface area (Å²) in [5.74, 6) is -1.00. The first kappa shape index (κ1) is 30.1. The van der Waals surface area contributed by atoms with Crippen molar-refractivity contribution < 1.29 is 19.1 Å². The minimum Gasteiger partial charge on any atom is -0.444 e. The lowest BCUT2D eigenvalue weighted by Crippen LogP contribution is -2.51. The van der Waals surface area contributed by atoms with Gasteiger partial charge in [-0.3, -0.25) is 19.5 Å². The SMILES string of the molecule is CC(C)(C)NC(=O)C(c1cccnc1)N(C(=O)C1CCN(C(=O)OC(C)(C)C)C1)c1ccc(C(C)(C)C)cc1. The molecule has 1 aliphatic rings. The molecule has 1 saturated heterocycles. The number of benzene rings is 1. The number of ether oxygens (including phenoxy) is 1. The van der Waals surface area contributed by atoms with Crippen molar-refractivity contribution in [2.24, 2.45) is 5.92 Å². The molecule has 0 radical (unpaired) electrons. The Morgan fingerprint density at radius 2 is 1.64 bits per heavy atom. The molecule has 0 bridgehead atoms. The van der Waals surface area contributed by atoms with E-state index in [4.69, 9.17) is 4.74 Å². The number of aromatic nitrogens is 1. The number of pyridine rings is 1. The van der Waals surface area contributed by atoms with Crippen LogP contribution in [0.4, 0.5) is 10.5 Å². The Balaban J connectivity index is 2.05. The fourth-order valence-electron chi connectivity index (χ4n) is 4.57. The van der Waals surface area contributed by atoms with Crippen LogP contribution in [0.3, 0.4) is 0 Å². The van der Waals surface area contributed by atoms with E-state index in [2.05, 4.69) is 31.1 Å². The van der Waals surface area contributed by atoms with Gasteiger partial charge in [-0.2, -0.15) is 0 Å². The van der Waals surface area contributed by atoms with Gasteiger partial charge in [-0.1, -0.05) is 39.0 Å². The van der Waals surface area contributed by atoms with Gasteiger partial charge >= 0.3 is 6.09 Å². The maximum atomic E-state index is 14.3. The standard InChI is InChI=1S/C31H44N4O4/c1-29(2,3)23-12-14-24(15-13-23)35(25(21-11-10-17-32-19-21)26(36)33-30(4,5)6)27(37)22-16-18-34(20-22)28(38)39-31(7,8)9/h10-15,17,19,22,25H,16,18,20H2,1-9H3,(H,33,36). The van der Waals surface area contributed by atoms with Crippen LogP contribution in [0.25, 0.3) is 0 Å². The van der Waals surface area contributed by atoms with Crippen LogP contribution in [0.5, 0.6) is 0 Å². The van der Waals surface area contributed by atoms with Crippen LogP contribution in [0.2, 0.25) is 0 Å². The fraction of sp³-hybridized carbons (Fsp3) is 0.548. The van der Waals surface area contributed by atoms with E-state index in [0.717, 1.165) is 5.56 Å². The topological polar surface area (TPSA) is 91.8 Å². The summed E-state index contributed by atoms with van der Waals surface area (Å²) in [7, 11) is 0. The van der Waals surface area contributed by atoms with E-state index < -0.39 is 29.2 Å². The normalized spacial score (nSPS) is 16.9. The highest BCUT2D eigenvalue weighted by Gasteiger charge is 2.41. The van der Waals surface area contributed by atoms with E-state index in [1.165, 1.54) is 0 Å². The lowest BCUT2D eigenvalue weighted by molar-refractivity contribution is -0.129. The van der Waals surface area contributed by atoms with Crippen molar-refractivity contribution in [2.75, 3.05) is 18.0 Å². The summed E-state index contributed by atoms with van der Waals surface area (Å²) in [6, 6.07) is 10.4. The van der Waals surface area contributed by atoms with Gasteiger partial charge < -0.3 is 15.0 Å². The Morgan fingerprint density at radius 3 is 2.15 bits per heavy atom. The van der Waals surface area contributed by atoms with Crippen molar-refractivity contribution in [3.05, 3.63) is 59.9 Å². The summed E-state index contributed by atoms with van der Waals surface area (Å²) < 4.78 is 5.54. The van der Waals surface area contributed by atoms with Crippen molar-refractivity contribution in [1.29, 1.82) is 0 Å². The molecule has 0 saturated carbocycles. The number of nitrogens with zero attached hydrogens (tertiary/aromatic N) is 3. The van der Waals surface area contributed by atoms with E-state index >= 15 is 0 Å². The first-order valence-corrected chi connectivity index (χ1v) is 13.6. The summed E-state index contributed by atoms with van der Waals surface area (Å²) >= 11 is 0. The molecule has 0 aliphatic carbocycles. The van der Waals surface area contributed by atoms with Crippen molar-refractivity contribution >= 4 is 23.6 Å². The molecule has 1 fully saturated rings. The van der Waals surface area contributed by atoms with Crippen LogP contribution < -0.4 is 10.2 Å². The predicted molar refractivity (Wildman–Crippen MR) is 153 cm³/mol. The Kier molecular flexibility index (Phi) is 8.78. The van der Waals surface area contributed by atoms with Gasteiger partial charge in [0.2, 0.25) is 11.8 Å². The number of carbonyl (C=O) groups is 3. The molecule has 39 heavy (non-hydrogen) atoms. The van der Waals surface area contributed by atoms with Gasteiger partial charge in [-0.05, 0) is 77.1 Å². The maximum absolute atomic E-state index is 14.3. The van der Waals surface area contributed by atoms with Gasteiger partial charge in [0.25, 0.3) is 0 Å². The molecule has 0 spiro atoms. The van der Waals surface area contributed by atoms with Gasteiger partial charge in [-0.15, -0.1) is 0 Å². The summed E-state index contributed by atoms with van der Waals surface area (Å²) in [6.07, 6.45) is 3.31. The molecule has 8 nitrogen and oxygen atoms in total. The second-order valence-electron chi connectivity index (χ2n) is 13.3. The molecule has 2 unspecified atom stereocenters. The molecule has 3 rings (SSSR count). The van der Waals surface area contributed by atoms with Crippen molar-refractivity contribution in [2.45, 2.75) is 91.3 Å². The number of rotatable bonds is 5. The van der Waals surface area contributed by atoms with E-state index in [-0.39, 0.29) is 23.8 Å². The van der Waals surface area contributed by atoms with Crippen LogP contribution in [-0.4, -0.2) is 52.0 Å². The molecule has 212 valence electrons. The number of anilines is 1. The van der Waals surface area contributed by atoms with E-state index in [0.29, 0.717) is 24.2 Å². The summed E-state index contributed by atoms with van der Waals surface area (Å²) in [4.78, 5) is 48.3. The minimum atomic E-state index is -0.943. The molecule has 1 aromatic heterocycles. The van der Waals surface area contributed by atoms with Crippen LogP contribution in [-0.2, 0) is 19.7 Å². The van der Waals surface area contributed by atoms with Gasteiger partial charge in [-0.25, -0.2) is 4.79 Å². The number of hydrogen-bond acceptors (Lipinski definition) is 5. The zero-order chi connectivity index (χ0) is 29.2. The summed E-state index contributed by atoms with van der Waals surface area (Å²) in [5, 5.41) is 3.06. The lowest BCUT2D eigenvalue weighted by Gasteiger charge is -2.35. The number of nitrogens with one attached hydrogen (secondary N) is 1. The molecule has 1 aliphatic heterocycles. The third-order valence-electron chi connectivity index (χ3n) is 6.44. The Bertz CT molecular complexity index is 1160. The van der Waals surface area contributed by atoms with Gasteiger partial charge in [0, 0.05) is 42.3 Å². The van der Waals surface area contributed by atoms with Crippen LogP contribution in [0, 0.1) is 5.92 Å². The molecule has 1 aromatic carbocycles. The lowest BCUT2D eigenvalue weighted by atomic mass is 9.87. The van der Waals surface area contributed by atoms with Crippen molar-refractivity contribution in [3.8, 4) is 0 Å². The molecule has 2 atom stereocenters. The zero-order valence-electron chi connectivity index (χ0n) is 24.9. The number of likely N-dealkylation sites (tertiary alicyclic amines) is 1. The number of carbonyl (C=O) groups excluding carboxylic acids is 3. The maximum Gasteiger partial charge on any atom is 0.410 e. The molecular formula is C31H44N4O4. The van der Waals surface area contributed by atoms with Crippen LogP contribution in [0.15, 0.2) is 48.8 Å². The average Bonchev–Trinajstić information content (AvgIpc) is 3.31. The predicted octanol–water partition coefficient (Wildman–Crippen LogP) is 5.63. The quantitative estimate of drug-likeness (QED) is 0.535. The molecule has 2 heterocycles. The van der Waals surface area contributed by atoms with Crippen molar-refractivity contribution in [1.82, 2.24) is 15.2 Å². The van der Waals surface area contributed by atoms with Gasteiger partial charge in [0.15, 0.2) is 0 Å². The Hall–Kier alpha value is -3.42. The fourth-order valence-corrected chi connectivity index (χ4v) is 4.57. The minimum absolute atomic E-state index is 0.0703. The highest BCUT2D eigenvalue weighted by Crippen LogP contribution is 2.34. The number of hydrogen-bond donors (Lipinski definition) is 1. The smallest absolute Gasteiger partial charge is 0.410 e. The number of amides is 3. The van der Waals surface area contributed by atoms with Gasteiger partial charge in [0.1, 0.15) is 11.6 Å². The third kappa shape index (κ3) is 8.04. The second-order valence-corrected chi connectivity index (χ2v) is 13.3. The van der Waals surface area contributed by atoms with Crippen LogP contribution >= 0.6 is 0 Å². The summed E-state index contributed by atoms with van der Waals surface area (Å²) in [5.41, 5.74) is 1.13. The third-order valence-corrected chi connectivity index (χ3v) is 6.44. The molecular weight excluding hydrogens is 492 g/mol. The highest BCUT2D eigenvalue weighted by molar-refractivity contribution is 6.02. The van der Waals surface area contributed by atoms with Crippen molar-refractivity contribution in [3.63, 3.8) is 0 Å². The molecule has 8 heteroatoms. The van der Waals surface area contributed by atoms with Crippen LogP contribution in [0.1, 0.15) is 85.9 Å². The van der Waals surface area contributed by atoms with E-state index in [9.17, 15) is 14.4 Å². The van der Waals surface area contributed by atoms with E-state index in [1.807, 2.05) is 71.9 Å². The first-order chi connectivity index (χ1) is 18.0. The summed E-state index contributed by atoms with van der Waals surface area (Å²) in [6.45, 7) is 18.2. The molecule has 3 amide bonds.